The van der Waals surface area contributed by atoms with Crippen molar-refractivity contribution in [2.75, 3.05) is 53.6 Å². The highest BCUT2D eigenvalue weighted by molar-refractivity contribution is 14.1. The summed E-state index contributed by atoms with van der Waals surface area (Å²) in [5.74, 6) is 0.797. The molecule has 2 amide bonds. The third-order valence-corrected chi connectivity index (χ3v) is 7.21. The fourth-order valence-electron chi connectivity index (χ4n) is 4.32. The summed E-state index contributed by atoms with van der Waals surface area (Å²) in [6, 6.07) is 12.3. The van der Waals surface area contributed by atoms with Crippen LogP contribution in [0.25, 0.3) is 0 Å². The standard InChI is InChI=1S/C27H36IN3O5/c1-19(2)25(26(32)29-11-12-30-13-15-36-16-14-30)31(27(33)22-7-5-6-8-23(22)28)18-20-9-10-21(34-3)17-24(20)35-4/h5-10,17,19,25H,11-16,18H2,1-4H3,(H,29,32). The Morgan fingerprint density at radius 3 is 2.47 bits per heavy atom. The summed E-state index contributed by atoms with van der Waals surface area (Å²) in [6.07, 6.45) is 0. The van der Waals surface area contributed by atoms with Gasteiger partial charge in [-0.2, -0.15) is 0 Å². The predicted molar refractivity (Wildman–Crippen MR) is 147 cm³/mol. The maximum absolute atomic E-state index is 13.9. The molecule has 2 aromatic rings. The molecule has 3 rings (SSSR count). The largest absolute Gasteiger partial charge is 0.497 e. The van der Waals surface area contributed by atoms with Crippen LogP contribution in [0.4, 0.5) is 0 Å². The van der Waals surface area contributed by atoms with E-state index < -0.39 is 6.04 Å². The van der Waals surface area contributed by atoms with Crippen LogP contribution in [0.3, 0.4) is 0 Å². The highest BCUT2D eigenvalue weighted by atomic mass is 127. The van der Waals surface area contributed by atoms with Crippen LogP contribution in [0.5, 0.6) is 11.5 Å². The van der Waals surface area contributed by atoms with Gasteiger partial charge in [0.2, 0.25) is 5.91 Å². The zero-order valence-electron chi connectivity index (χ0n) is 21.5. The molecule has 8 nitrogen and oxygen atoms in total. The number of halogens is 1. The summed E-state index contributed by atoms with van der Waals surface area (Å²) in [4.78, 5) is 31.4. The van der Waals surface area contributed by atoms with Crippen molar-refractivity contribution in [2.24, 2.45) is 5.92 Å². The lowest BCUT2D eigenvalue weighted by Crippen LogP contribution is -2.53. The molecule has 1 aliphatic heterocycles. The van der Waals surface area contributed by atoms with Gasteiger partial charge < -0.3 is 24.4 Å². The van der Waals surface area contributed by atoms with E-state index in [9.17, 15) is 9.59 Å². The highest BCUT2D eigenvalue weighted by Gasteiger charge is 2.34. The van der Waals surface area contributed by atoms with Gasteiger partial charge in [0.25, 0.3) is 5.91 Å². The molecule has 196 valence electrons. The van der Waals surface area contributed by atoms with E-state index in [0.29, 0.717) is 36.8 Å². The lowest BCUT2D eigenvalue weighted by molar-refractivity contribution is -0.127. The first kappa shape index (κ1) is 28.2. The summed E-state index contributed by atoms with van der Waals surface area (Å²) in [7, 11) is 3.18. The minimum Gasteiger partial charge on any atom is -0.497 e. The molecule has 0 saturated carbocycles. The molecule has 1 fully saturated rings. The Bertz CT molecular complexity index is 1030. The Morgan fingerprint density at radius 2 is 1.83 bits per heavy atom. The van der Waals surface area contributed by atoms with Crippen LogP contribution in [0.2, 0.25) is 0 Å². The summed E-state index contributed by atoms with van der Waals surface area (Å²) >= 11 is 2.16. The number of methoxy groups -OCH3 is 2. The van der Waals surface area contributed by atoms with Crippen LogP contribution in [-0.2, 0) is 16.1 Å². The lowest BCUT2D eigenvalue weighted by atomic mass is 9.99. The molecule has 1 unspecified atom stereocenters. The number of ether oxygens (including phenoxy) is 3. The molecular formula is C27H36IN3O5. The molecule has 1 atom stereocenters. The summed E-state index contributed by atoms with van der Waals surface area (Å²) in [6.45, 7) is 8.55. The minimum absolute atomic E-state index is 0.108. The number of carbonyl (C=O) groups excluding carboxylic acids is 2. The predicted octanol–water partition coefficient (Wildman–Crippen LogP) is 3.42. The first-order valence-corrected chi connectivity index (χ1v) is 13.3. The molecule has 1 N–H and O–H groups in total. The quantitative estimate of drug-likeness (QED) is 0.394. The van der Waals surface area contributed by atoms with Gasteiger partial charge >= 0.3 is 0 Å². The van der Waals surface area contributed by atoms with Crippen molar-refractivity contribution in [3.05, 3.63) is 57.2 Å². The molecule has 0 spiro atoms. The van der Waals surface area contributed by atoms with Crippen molar-refractivity contribution in [1.29, 1.82) is 0 Å². The Balaban J connectivity index is 1.88. The van der Waals surface area contributed by atoms with E-state index in [1.807, 2.05) is 44.2 Å². The average Bonchev–Trinajstić information content (AvgIpc) is 2.88. The molecule has 0 radical (unpaired) electrons. The van der Waals surface area contributed by atoms with Crippen molar-refractivity contribution in [2.45, 2.75) is 26.4 Å². The second-order valence-electron chi connectivity index (χ2n) is 9.02. The Labute approximate surface area is 227 Å². The third kappa shape index (κ3) is 7.33. The molecule has 1 aliphatic rings. The number of hydrogen-bond acceptors (Lipinski definition) is 6. The summed E-state index contributed by atoms with van der Waals surface area (Å²) in [5, 5.41) is 3.08. The van der Waals surface area contributed by atoms with E-state index in [4.69, 9.17) is 14.2 Å². The van der Waals surface area contributed by atoms with E-state index in [1.165, 1.54) is 0 Å². The molecule has 0 aromatic heterocycles. The van der Waals surface area contributed by atoms with E-state index >= 15 is 0 Å². The number of benzene rings is 2. The van der Waals surface area contributed by atoms with Crippen molar-refractivity contribution in [3.63, 3.8) is 0 Å². The van der Waals surface area contributed by atoms with Gasteiger partial charge in [-0.15, -0.1) is 0 Å². The number of amides is 2. The maximum Gasteiger partial charge on any atom is 0.255 e. The molecule has 0 aliphatic carbocycles. The van der Waals surface area contributed by atoms with E-state index in [0.717, 1.165) is 28.8 Å². The Kier molecular flexibility index (Phi) is 10.8. The average molecular weight is 610 g/mol. The SMILES string of the molecule is COc1ccc(CN(C(=O)c2ccccc2I)C(C(=O)NCCN2CCOCC2)C(C)C)c(OC)c1. The van der Waals surface area contributed by atoms with Gasteiger partial charge in [0.15, 0.2) is 0 Å². The maximum atomic E-state index is 13.9. The van der Waals surface area contributed by atoms with Gasteiger partial charge in [-0.05, 0) is 52.8 Å². The molecule has 36 heavy (non-hydrogen) atoms. The number of morpholine rings is 1. The summed E-state index contributed by atoms with van der Waals surface area (Å²) in [5.41, 5.74) is 1.36. The Morgan fingerprint density at radius 1 is 1.11 bits per heavy atom. The van der Waals surface area contributed by atoms with Crippen LogP contribution in [0, 0.1) is 9.49 Å². The third-order valence-electron chi connectivity index (χ3n) is 6.27. The van der Waals surface area contributed by atoms with Crippen molar-refractivity contribution < 1.29 is 23.8 Å². The molecule has 2 aromatic carbocycles. The fourth-order valence-corrected chi connectivity index (χ4v) is 4.94. The van der Waals surface area contributed by atoms with Gasteiger partial charge in [0, 0.05) is 41.4 Å². The zero-order valence-corrected chi connectivity index (χ0v) is 23.6. The molecule has 0 bridgehead atoms. The van der Waals surface area contributed by atoms with Crippen LogP contribution < -0.4 is 14.8 Å². The van der Waals surface area contributed by atoms with E-state index in [2.05, 4.69) is 32.8 Å². The van der Waals surface area contributed by atoms with Crippen molar-refractivity contribution >= 4 is 34.4 Å². The molecular weight excluding hydrogens is 573 g/mol. The summed E-state index contributed by atoms with van der Waals surface area (Å²) < 4.78 is 17.2. The first-order valence-electron chi connectivity index (χ1n) is 12.2. The van der Waals surface area contributed by atoms with Crippen LogP contribution >= 0.6 is 22.6 Å². The molecule has 9 heteroatoms. The molecule has 1 saturated heterocycles. The van der Waals surface area contributed by atoms with Gasteiger partial charge in [0.05, 0.1) is 39.5 Å². The van der Waals surface area contributed by atoms with Gasteiger partial charge in [-0.25, -0.2) is 0 Å². The van der Waals surface area contributed by atoms with Crippen LogP contribution in [0.15, 0.2) is 42.5 Å². The normalized spacial score (nSPS) is 14.8. The zero-order chi connectivity index (χ0) is 26.1. The monoisotopic (exact) mass is 609 g/mol. The number of hydrogen-bond donors (Lipinski definition) is 1. The number of nitrogens with one attached hydrogen (secondary N) is 1. The van der Waals surface area contributed by atoms with Gasteiger partial charge in [0.1, 0.15) is 17.5 Å². The van der Waals surface area contributed by atoms with E-state index in [1.54, 1.807) is 31.3 Å². The second-order valence-corrected chi connectivity index (χ2v) is 10.2. The van der Waals surface area contributed by atoms with Crippen molar-refractivity contribution in [1.82, 2.24) is 15.1 Å². The second kappa shape index (κ2) is 13.8. The smallest absolute Gasteiger partial charge is 0.255 e. The number of nitrogens with zero attached hydrogens (tertiary/aromatic N) is 2. The number of carbonyl (C=O) groups is 2. The first-order chi connectivity index (χ1) is 17.3. The lowest BCUT2D eigenvalue weighted by Gasteiger charge is -2.34. The Hall–Kier alpha value is -2.37. The minimum atomic E-state index is -0.662. The van der Waals surface area contributed by atoms with Gasteiger partial charge in [-0.3, -0.25) is 14.5 Å². The number of rotatable bonds is 11. The van der Waals surface area contributed by atoms with Gasteiger partial charge in [-0.1, -0.05) is 26.0 Å². The van der Waals surface area contributed by atoms with E-state index in [-0.39, 0.29) is 24.3 Å². The van der Waals surface area contributed by atoms with Crippen molar-refractivity contribution in [3.8, 4) is 11.5 Å². The molecule has 1 heterocycles. The fraction of sp³-hybridized carbons (Fsp3) is 0.481. The van der Waals surface area contributed by atoms with Crippen LogP contribution in [-0.4, -0.2) is 81.3 Å². The topological polar surface area (TPSA) is 80.3 Å². The van der Waals surface area contributed by atoms with Crippen LogP contribution in [0.1, 0.15) is 29.8 Å². The highest BCUT2D eigenvalue weighted by Crippen LogP contribution is 2.28.